The lowest BCUT2D eigenvalue weighted by atomic mass is 9.86. The average molecular weight is 299 g/mol. The van der Waals surface area contributed by atoms with Crippen LogP contribution >= 0.6 is 0 Å². The van der Waals surface area contributed by atoms with Gasteiger partial charge in [0.1, 0.15) is 5.82 Å². The van der Waals surface area contributed by atoms with E-state index >= 15 is 0 Å². The van der Waals surface area contributed by atoms with Gasteiger partial charge in [0.25, 0.3) is 0 Å². The smallest absolute Gasteiger partial charge is 0.367 e. The van der Waals surface area contributed by atoms with Gasteiger partial charge in [-0.05, 0) is 49.3 Å². The first kappa shape index (κ1) is 15.4. The van der Waals surface area contributed by atoms with Gasteiger partial charge in [-0.25, -0.2) is 4.98 Å². The number of rotatable bonds is 4. The molecule has 2 rings (SSSR count). The van der Waals surface area contributed by atoms with E-state index < -0.39 is 11.7 Å². The van der Waals surface area contributed by atoms with Crippen LogP contribution in [0, 0.1) is 5.92 Å². The van der Waals surface area contributed by atoms with Gasteiger partial charge in [-0.15, -0.1) is 0 Å². The van der Waals surface area contributed by atoms with Crippen LogP contribution < -0.4 is 5.32 Å². The van der Waals surface area contributed by atoms with E-state index in [0.717, 1.165) is 37.9 Å². The molecule has 114 valence electrons. The van der Waals surface area contributed by atoms with Crippen molar-refractivity contribution in [1.29, 1.82) is 0 Å². The van der Waals surface area contributed by atoms with Crippen molar-refractivity contribution in [2.75, 3.05) is 11.9 Å². The van der Waals surface area contributed by atoms with E-state index in [9.17, 15) is 13.2 Å². The Kier molecular flexibility index (Phi) is 4.90. The fourth-order valence-corrected chi connectivity index (χ4v) is 2.50. The van der Waals surface area contributed by atoms with Gasteiger partial charge in [-0.2, -0.15) is 13.2 Å². The summed E-state index contributed by atoms with van der Waals surface area (Å²) in [7, 11) is 0. The minimum atomic E-state index is -4.36. The van der Waals surface area contributed by atoms with Gasteiger partial charge in [0, 0.05) is 23.7 Å². The van der Waals surface area contributed by atoms with Crippen molar-refractivity contribution in [3.63, 3.8) is 0 Å². The zero-order valence-corrected chi connectivity index (χ0v) is 11.3. The Morgan fingerprint density at radius 1 is 1.29 bits per heavy atom. The summed E-state index contributed by atoms with van der Waals surface area (Å²) in [6.45, 7) is 0.516. The van der Waals surface area contributed by atoms with Gasteiger partial charge in [-0.3, -0.25) is 0 Å². The van der Waals surface area contributed by atoms with E-state index in [-0.39, 0.29) is 6.04 Å². The summed E-state index contributed by atoms with van der Waals surface area (Å²) in [5, 5.41) is 6.73. The third kappa shape index (κ3) is 4.53. The van der Waals surface area contributed by atoms with E-state index in [1.165, 1.54) is 6.07 Å². The van der Waals surface area contributed by atoms with Crippen molar-refractivity contribution in [2.45, 2.75) is 37.9 Å². The Balaban J connectivity index is 1.85. The predicted octanol–water partition coefficient (Wildman–Crippen LogP) is 4.38. The van der Waals surface area contributed by atoms with E-state index in [2.05, 4.69) is 20.3 Å². The quantitative estimate of drug-likeness (QED) is 0.509. The number of halogens is 3. The third-order valence-corrected chi connectivity index (χ3v) is 3.69. The fourth-order valence-electron chi connectivity index (χ4n) is 2.50. The maximum Gasteiger partial charge on any atom is 0.417 e. The first-order valence-corrected chi connectivity index (χ1v) is 6.79. The summed E-state index contributed by atoms with van der Waals surface area (Å²) in [5.74, 6) is 0.862. The van der Waals surface area contributed by atoms with Crippen LogP contribution in [-0.4, -0.2) is 17.6 Å². The zero-order chi connectivity index (χ0) is 15.3. The Morgan fingerprint density at radius 2 is 2.00 bits per heavy atom. The van der Waals surface area contributed by atoms with Crippen LogP contribution in [0.25, 0.3) is 10.4 Å². The van der Waals surface area contributed by atoms with Crippen molar-refractivity contribution in [3.8, 4) is 0 Å². The largest absolute Gasteiger partial charge is 0.417 e. The van der Waals surface area contributed by atoms with Gasteiger partial charge in [0.05, 0.1) is 5.56 Å². The van der Waals surface area contributed by atoms with Gasteiger partial charge in [0.15, 0.2) is 0 Å². The summed E-state index contributed by atoms with van der Waals surface area (Å²) in [6.07, 6.45) is 0.164. The van der Waals surface area contributed by atoms with E-state index in [1.807, 2.05) is 0 Å². The molecule has 0 bridgehead atoms. The maximum atomic E-state index is 12.4. The highest BCUT2D eigenvalue weighted by Gasteiger charge is 2.30. The highest BCUT2D eigenvalue weighted by molar-refractivity contribution is 5.37. The second kappa shape index (κ2) is 6.67. The molecule has 1 N–H and O–H groups in total. The lowest BCUT2D eigenvalue weighted by Crippen LogP contribution is -2.27. The second-order valence-corrected chi connectivity index (χ2v) is 5.21. The van der Waals surface area contributed by atoms with Crippen LogP contribution in [0.3, 0.4) is 0 Å². The van der Waals surface area contributed by atoms with Crippen molar-refractivity contribution in [1.82, 2.24) is 4.98 Å². The molecule has 1 aliphatic carbocycles. The molecule has 0 saturated heterocycles. The average Bonchev–Trinajstić information content (AvgIpc) is 2.46. The highest BCUT2D eigenvalue weighted by Crippen LogP contribution is 2.30. The van der Waals surface area contributed by atoms with Gasteiger partial charge in [0.2, 0.25) is 0 Å². The second-order valence-electron chi connectivity index (χ2n) is 5.21. The number of hydrogen-bond acceptors (Lipinski definition) is 3. The van der Waals surface area contributed by atoms with Crippen LogP contribution in [0.15, 0.2) is 23.4 Å². The molecule has 0 unspecified atom stereocenters. The van der Waals surface area contributed by atoms with Crippen LogP contribution in [0.5, 0.6) is 0 Å². The minimum Gasteiger partial charge on any atom is -0.367 e. The third-order valence-electron chi connectivity index (χ3n) is 3.69. The number of nitrogens with zero attached hydrogens (tertiary/aromatic N) is 4. The normalized spacial score (nSPS) is 22.4. The topological polar surface area (TPSA) is 73.7 Å². The monoisotopic (exact) mass is 299 g/mol. The van der Waals surface area contributed by atoms with Crippen molar-refractivity contribution >= 4 is 5.82 Å². The van der Waals surface area contributed by atoms with E-state index in [1.54, 1.807) is 0 Å². The SMILES string of the molecule is [N-]=[N+]=NCC1CCC(Nc2ccc(C(F)(F)F)cn2)CC1. The van der Waals surface area contributed by atoms with Crippen LogP contribution in [0.1, 0.15) is 31.2 Å². The lowest BCUT2D eigenvalue weighted by Gasteiger charge is -2.28. The van der Waals surface area contributed by atoms with E-state index in [4.69, 9.17) is 5.53 Å². The van der Waals surface area contributed by atoms with Gasteiger partial charge in [-0.1, -0.05) is 5.11 Å². The first-order valence-electron chi connectivity index (χ1n) is 6.79. The fraction of sp³-hybridized carbons (Fsp3) is 0.615. The van der Waals surface area contributed by atoms with Crippen molar-refractivity contribution in [3.05, 3.63) is 34.3 Å². The molecule has 1 saturated carbocycles. The molecular formula is C13H16F3N5. The molecule has 1 heterocycles. The first-order chi connectivity index (χ1) is 9.99. The molecule has 1 aliphatic rings. The Bertz CT molecular complexity index is 500. The number of hydrogen-bond donors (Lipinski definition) is 1. The molecule has 0 aromatic carbocycles. The lowest BCUT2D eigenvalue weighted by molar-refractivity contribution is -0.137. The van der Waals surface area contributed by atoms with Crippen LogP contribution in [0.4, 0.5) is 19.0 Å². The molecule has 0 amide bonds. The summed E-state index contributed by atoms with van der Waals surface area (Å²) < 4.78 is 37.3. The van der Waals surface area contributed by atoms with Gasteiger partial charge >= 0.3 is 6.18 Å². The number of alkyl halides is 3. The maximum absolute atomic E-state index is 12.4. The van der Waals surface area contributed by atoms with Crippen LogP contribution in [-0.2, 0) is 6.18 Å². The van der Waals surface area contributed by atoms with Crippen molar-refractivity contribution < 1.29 is 13.2 Å². The molecule has 0 spiro atoms. The Hall–Kier alpha value is -1.95. The molecule has 1 aromatic heterocycles. The molecule has 0 atom stereocenters. The number of azide groups is 1. The molecule has 21 heavy (non-hydrogen) atoms. The number of pyridine rings is 1. The summed E-state index contributed by atoms with van der Waals surface area (Å²) in [5.41, 5.74) is 7.54. The Labute approximate surface area is 120 Å². The number of anilines is 1. The molecular weight excluding hydrogens is 283 g/mol. The van der Waals surface area contributed by atoms with Crippen LogP contribution in [0.2, 0.25) is 0 Å². The molecule has 0 radical (unpaired) electrons. The zero-order valence-electron chi connectivity index (χ0n) is 11.3. The Morgan fingerprint density at radius 3 is 2.52 bits per heavy atom. The molecule has 1 fully saturated rings. The highest BCUT2D eigenvalue weighted by atomic mass is 19.4. The molecule has 8 heteroatoms. The van der Waals surface area contributed by atoms with E-state index in [0.29, 0.717) is 18.3 Å². The molecule has 1 aromatic rings. The summed E-state index contributed by atoms with van der Waals surface area (Å²) in [6, 6.07) is 2.59. The predicted molar refractivity (Wildman–Crippen MR) is 72.6 cm³/mol. The summed E-state index contributed by atoms with van der Waals surface area (Å²) in [4.78, 5) is 6.56. The minimum absolute atomic E-state index is 0.205. The van der Waals surface area contributed by atoms with Crippen molar-refractivity contribution in [2.24, 2.45) is 11.0 Å². The summed E-state index contributed by atoms with van der Waals surface area (Å²) >= 11 is 0. The standard InChI is InChI=1S/C13H16F3N5/c14-13(15,16)10-3-6-12(18-8-10)20-11-4-1-9(2-5-11)7-19-21-17/h3,6,8-9,11H,1-2,4-5,7H2,(H,18,20). The number of nitrogens with one attached hydrogen (secondary N) is 1. The molecule has 0 aliphatic heterocycles. The molecule has 5 nitrogen and oxygen atoms in total. The number of aromatic nitrogens is 1. The van der Waals surface area contributed by atoms with Gasteiger partial charge < -0.3 is 5.32 Å².